The topological polar surface area (TPSA) is 75.0 Å². The lowest BCUT2D eigenvalue weighted by molar-refractivity contribution is -0.178. The molecule has 0 amide bonds. The van der Waals surface area contributed by atoms with Gasteiger partial charge in [-0.05, 0) is 32.9 Å². The fourth-order valence-electron chi connectivity index (χ4n) is 4.59. The Morgan fingerprint density at radius 1 is 1.07 bits per heavy atom. The first kappa shape index (κ1) is 18.9. The molecule has 1 aromatic heterocycles. The number of carbonyl (C=O) groups excluding carboxylic acids is 1. The zero-order valence-electron chi connectivity index (χ0n) is 17.2. The molecule has 30 heavy (non-hydrogen) atoms. The first-order valence-electron chi connectivity index (χ1n) is 9.91. The minimum atomic E-state index is -1.01. The van der Waals surface area contributed by atoms with E-state index in [1.807, 2.05) is 51.1 Å². The van der Waals surface area contributed by atoms with Gasteiger partial charge in [-0.15, -0.1) is 0 Å². The molecule has 1 saturated heterocycles. The number of ether oxygens (including phenoxy) is 3. The highest BCUT2D eigenvalue weighted by Crippen LogP contribution is 2.58. The van der Waals surface area contributed by atoms with E-state index in [1.54, 1.807) is 12.1 Å². The van der Waals surface area contributed by atoms with E-state index < -0.39 is 29.4 Å². The third-order valence-corrected chi connectivity index (χ3v) is 6.34. The van der Waals surface area contributed by atoms with Crippen LogP contribution >= 0.6 is 0 Å². The molecule has 0 spiro atoms. The summed E-state index contributed by atoms with van der Waals surface area (Å²) in [5.74, 6) is 0.191. The van der Waals surface area contributed by atoms with Crippen molar-refractivity contribution < 1.29 is 23.4 Å². The molecule has 1 fully saturated rings. The van der Waals surface area contributed by atoms with Crippen LogP contribution < -0.4 is 10.2 Å². The Labute approximate surface area is 173 Å². The predicted octanol–water partition coefficient (Wildman–Crippen LogP) is 4.39. The van der Waals surface area contributed by atoms with Gasteiger partial charge in [-0.1, -0.05) is 30.3 Å². The van der Waals surface area contributed by atoms with Crippen LogP contribution in [0.25, 0.3) is 22.3 Å². The lowest BCUT2D eigenvalue weighted by Crippen LogP contribution is -2.50. The van der Waals surface area contributed by atoms with Gasteiger partial charge in [0, 0.05) is 18.6 Å². The average molecular weight is 406 g/mol. The van der Waals surface area contributed by atoms with Gasteiger partial charge in [0.05, 0.1) is 16.9 Å². The Hall–Kier alpha value is -3.12. The molecule has 2 aliphatic heterocycles. The van der Waals surface area contributed by atoms with E-state index in [4.69, 9.17) is 18.6 Å². The largest absolute Gasteiger partial charge is 0.464 e. The summed E-state index contributed by atoms with van der Waals surface area (Å²) in [6.45, 7) is 6.96. The molecule has 6 heteroatoms. The summed E-state index contributed by atoms with van der Waals surface area (Å²) in [6, 6.07) is 14.4. The molecule has 0 bridgehead atoms. The first-order chi connectivity index (χ1) is 14.2. The first-order valence-corrected chi connectivity index (χ1v) is 9.91. The standard InChI is InChI=1S/C24H22O6/c1-13(25)29-24(4)20-19-17(28-22(20)30-23(24,2)3)11-10-15-16(26)12-18(27-21(15)19)14-8-6-5-7-9-14/h5-12,20,22H,1-4H3/t20-,22-,24+/m1/s1. The Kier molecular flexibility index (Phi) is 3.89. The Balaban J connectivity index is 1.77. The van der Waals surface area contributed by atoms with E-state index in [2.05, 4.69) is 0 Å². The van der Waals surface area contributed by atoms with Crippen molar-refractivity contribution in [3.8, 4) is 17.1 Å². The van der Waals surface area contributed by atoms with Crippen LogP contribution in [0.5, 0.6) is 5.75 Å². The molecule has 154 valence electrons. The van der Waals surface area contributed by atoms with Gasteiger partial charge in [0.15, 0.2) is 11.0 Å². The molecule has 2 aromatic carbocycles. The van der Waals surface area contributed by atoms with Crippen LogP contribution in [0.4, 0.5) is 0 Å². The number of rotatable bonds is 2. The fourth-order valence-corrected chi connectivity index (χ4v) is 4.59. The van der Waals surface area contributed by atoms with Gasteiger partial charge >= 0.3 is 5.97 Å². The van der Waals surface area contributed by atoms with Crippen molar-refractivity contribution in [3.05, 3.63) is 64.3 Å². The van der Waals surface area contributed by atoms with Crippen molar-refractivity contribution in [1.29, 1.82) is 0 Å². The summed E-state index contributed by atoms with van der Waals surface area (Å²) in [5, 5.41) is 0.451. The van der Waals surface area contributed by atoms with Gasteiger partial charge in [-0.3, -0.25) is 9.59 Å². The number of carbonyl (C=O) groups is 1. The highest BCUT2D eigenvalue weighted by atomic mass is 16.7. The normalized spacial score (nSPS) is 26.1. The zero-order chi connectivity index (χ0) is 21.3. The van der Waals surface area contributed by atoms with E-state index in [9.17, 15) is 9.59 Å². The maximum atomic E-state index is 12.9. The quantitative estimate of drug-likeness (QED) is 0.588. The van der Waals surface area contributed by atoms with Gasteiger partial charge in [-0.2, -0.15) is 0 Å². The van der Waals surface area contributed by atoms with E-state index in [0.717, 1.165) is 5.56 Å². The van der Waals surface area contributed by atoms with Crippen molar-refractivity contribution >= 4 is 16.9 Å². The molecule has 3 heterocycles. The number of fused-ring (bicyclic) bond motifs is 5. The summed E-state index contributed by atoms with van der Waals surface area (Å²) in [5.41, 5.74) is -0.0213. The third-order valence-electron chi connectivity index (χ3n) is 6.34. The highest BCUT2D eigenvalue weighted by Gasteiger charge is 2.66. The van der Waals surface area contributed by atoms with E-state index >= 15 is 0 Å². The average Bonchev–Trinajstić information content (AvgIpc) is 3.13. The maximum Gasteiger partial charge on any atom is 0.303 e. The maximum absolute atomic E-state index is 12.9. The van der Waals surface area contributed by atoms with Crippen molar-refractivity contribution in [2.75, 3.05) is 0 Å². The number of hydrogen-bond acceptors (Lipinski definition) is 6. The zero-order valence-corrected chi connectivity index (χ0v) is 17.2. The molecule has 3 atom stereocenters. The minimum Gasteiger partial charge on any atom is -0.464 e. The van der Waals surface area contributed by atoms with Crippen LogP contribution in [0.1, 0.15) is 39.2 Å². The van der Waals surface area contributed by atoms with Crippen molar-refractivity contribution in [2.45, 2.75) is 51.1 Å². The molecular weight excluding hydrogens is 384 g/mol. The smallest absolute Gasteiger partial charge is 0.303 e. The SMILES string of the molecule is CC(=O)O[C@@]1(C)[C@@H]2c3c(ccc4c(=O)cc(-c5ccccc5)oc34)O[C@@H]2OC1(C)C. The second-order valence-electron chi connectivity index (χ2n) is 8.49. The summed E-state index contributed by atoms with van der Waals surface area (Å²) >= 11 is 0. The second kappa shape index (κ2) is 6.19. The van der Waals surface area contributed by atoms with Gasteiger partial charge in [0.2, 0.25) is 6.29 Å². The van der Waals surface area contributed by atoms with Crippen molar-refractivity contribution in [3.63, 3.8) is 0 Å². The molecule has 0 N–H and O–H groups in total. The van der Waals surface area contributed by atoms with Gasteiger partial charge in [0.1, 0.15) is 22.7 Å². The Morgan fingerprint density at radius 2 is 1.80 bits per heavy atom. The number of benzene rings is 2. The lowest BCUT2D eigenvalue weighted by Gasteiger charge is -2.38. The minimum absolute atomic E-state index is 0.145. The van der Waals surface area contributed by atoms with Crippen molar-refractivity contribution in [2.24, 2.45) is 0 Å². The Bertz CT molecular complexity index is 1230. The molecule has 0 saturated carbocycles. The fraction of sp³-hybridized carbons (Fsp3) is 0.333. The molecule has 0 radical (unpaired) electrons. The predicted molar refractivity (Wildman–Crippen MR) is 110 cm³/mol. The van der Waals surface area contributed by atoms with Crippen LogP contribution in [-0.4, -0.2) is 23.5 Å². The molecule has 5 rings (SSSR count). The lowest BCUT2D eigenvalue weighted by atomic mass is 9.76. The van der Waals surface area contributed by atoms with E-state index in [0.29, 0.717) is 28.0 Å². The summed E-state index contributed by atoms with van der Waals surface area (Å²) < 4.78 is 24.3. The van der Waals surface area contributed by atoms with Crippen molar-refractivity contribution in [1.82, 2.24) is 0 Å². The third kappa shape index (κ3) is 2.53. The van der Waals surface area contributed by atoms with Crippen LogP contribution in [-0.2, 0) is 14.3 Å². The molecule has 6 nitrogen and oxygen atoms in total. The van der Waals surface area contributed by atoms with Gasteiger partial charge in [-0.25, -0.2) is 0 Å². The molecule has 0 aliphatic carbocycles. The molecule has 2 aliphatic rings. The number of hydrogen-bond donors (Lipinski definition) is 0. The molecular formula is C24H22O6. The highest BCUT2D eigenvalue weighted by molar-refractivity contribution is 5.85. The molecule has 3 aromatic rings. The summed E-state index contributed by atoms with van der Waals surface area (Å²) in [6.07, 6.45) is -0.643. The van der Waals surface area contributed by atoms with Crippen LogP contribution in [0.2, 0.25) is 0 Å². The van der Waals surface area contributed by atoms with E-state index in [1.165, 1.54) is 13.0 Å². The molecule has 0 unspecified atom stereocenters. The van der Waals surface area contributed by atoms with E-state index in [-0.39, 0.29) is 5.43 Å². The van der Waals surface area contributed by atoms with Gasteiger partial charge in [0.25, 0.3) is 0 Å². The summed E-state index contributed by atoms with van der Waals surface area (Å²) in [7, 11) is 0. The Morgan fingerprint density at radius 3 is 2.50 bits per heavy atom. The second-order valence-corrected chi connectivity index (χ2v) is 8.49. The number of esters is 1. The summed E-state index contributed by atoms with van der Waals surface area (Å²) in [4.78, 5) is 24.9. The van der Waals surface area contributed by atoms with Crippen LogP contribution in [0.15, 0.2) is 57.7 Å². The van der Waals surface area contributed by atoms with Gasteiger partial charge < -0.3 is 18.6 Å². The van der Waals surface area contributed by atoms with Crippen LogP contribution in [0, 0.1) is 0 Å². The van der Waals surface area contributed by atoms with Crippen LogP contribution in [0.3, 0.4) is 0 Å². The monoisotopic (exact) mass is 406 g/mol.